The van der Waals surface area contributed by atoms with Crippen molar-refractivity contribution in [1.29, 1.82) is 0 Å². The van der Waals surface area contributed by atoms with Gasteiger partial charge >= 0.3 is 0 Å². The highest BCUT2D eigenvalue weighted by atomic mass is 16.6. The Hall–Kier alpha value is -2.29. The smallest absolute Gasteiger partial charge is 0.287 e. The van der Waals surface area contributed by atoms with Crippen molar-refractivity contribution in [3.8, 4) is 12.3 Å². The maximum Gasteiger partial charge on any atom is 0.287 e. The van der Waals surface area contributed by atoms with Gasteiger partial charge in [0.2, 0.25) is 0 Å². The number of carbonyl (C=O) groups excluding carboxylic acids is 1. The number of rotatable bonds is 4. The summed E-state index contributed by atoms with van der Waals surface area (Å²) in [7, 11) is 1.56. The number of nitro groups is 1. The summed E-state index contributed by atoms with van der Waals surface area (Å²) in [4.78, 5) is 23.4. The lowest BCUT2D eigenvalue weighted by Gasteiger charge is -2.14. The number of nitrogens with zero attached hydrogens (tertiary/aromatic N) is 3. The zero-order chi connectivity index (χ0) is 13.0. The normalized spacial score (nSPS) is 9.71. The summed E-state index contributed by atoms with van der Waals surface area (Å²) in [5.41, 5.74) is 0.182. The van der Waals surface area contributed by atoms with Crippen LogP contribution in [0.1, 0.15) is 17.4 Å². The standard InChI is InChI=1S/C11H13N3O3/c1-4-6-12(3)11(15)10-7-9(14(16)17)8-13(10)5-2/h1,7-8H,5-6H2,2-3H3. The van der Waals surface area contributed by atoms with Crippen LogP contribution in [0.2, 0.25) is 0 Å². The quantitative estimate of drug-likeness (QED) is 0.446. The maximum absolute atomic E-state index is 11.9. The molecule has 0 aliphatic carbocycles. The minimum Gasteiger partial charge on any atom is -0.337 e. The Labute approximate surface area is 99.0 Å². The fourth-order valence-electron chi connectivity index (χ4n) is 1.44. The Morgan fingerprint density at radius 1 is 1.71 bits per heavy atom. The van der Waals surface area contributed by atoms with Crippen LogP contribution in [-0.4, -0.2) is 33.9 Å². The van der Waals surface area contributed by atoms with Crippen molar-refractivity contribution in [3.05, 3.63) is 28.1 Å². The summed E-state index contributed by atoms with van der Waals surface area (Å²) in [5.74, 6) is 2.03. The van der Waals surface area contributed by atoms with E-state index >= 15 is 0 Å². The molecule has 1 heterocycles. The fraction of sp³-hybridized carbons (Fsp3) is 0.364. The van der Waals surface area contributed by atoms with Crippen molar-refractivity contribution in [2.24, 2.45) is 0 Å². The predicted molar refractivity (Wildman–Crippen MR) is 62.6 cm³/mol. The van der Waals surface area contributed by atoms with E-state index < -0.39 is 4.92 Å². The molecule has 90 valence electrons. The van der Waals surface area contributed by atoms with Crippen LogP contribution in [0.25, 0.3) is 0 Å². The van der Waals surface area contributed by atoms with E-state index in [1.807, 2.05) is 6.92 Å². The van der Waals surface area contributed by atoms with Crippen molar-refractivity contribution in [2.75, 3.05) is 13.6 Å². The molecule has 0 N–H and O–H groups in total. The first-order chi connectivity index (χ1) is 8.01. The van der Waals surface area contributed by atoms with Crippen molar-refractivity contribution in [3.63, 3.8) is 0 Å². The van der Waals surface area contributed by atoms with Crippen LogP contribution in [0.5, 0.6) is 0 Å². The van der Waals surface area contributed by atoms with E-state index in [-0.39, 0.29) is 23.8 Å². The second kappa shape index (κ2) is 5.16. The summed E-state index contributed by atoms with van der Waals surface area (Å²) in [6.45, 7) is 2.46. The molecule has 0 aromatic carbocycles. The number of amides is 1. The number of hydrogen-bond acceptors (Lipinski definition) is 3. The van der Waals surface area contributed by atoms with Gasteiger partial charge in [0.25, 0.3) is 11.6 Å². The van der Waals surface area contributed by atoms with Crippen molar-refractivity contribution < 1.29 is 9.72 Å². The Morgan fingerprint density at radius 3 is 2.82 bits per heavy atom. The van der Waals surface area contributed by atoms with Gasteiger partial charge in [-0.3, -0.25) is 14.9 Å². The number of terminal acetylenes is 1. The van der Waals surface area contributed by atoms with Crippen molar-refractivity contribution in [1.82, 2.24) is 9.47 Å². The van der Waals surface area contributed by atoms with Crippen LogP contribution in [-0.2, 0) is 6.54 Å². The third kappa shape index (κ3) is 2.64. The molecule has 0 saturated heterocycles. The molecule has 1 amide bonds. The highest BCUT2D eigenvalue weighted by Crippen LogP contribution is 2.17. The molecule has 1 aromatic heterocycles. The molecule has 0 aliphatic heterocycles. The summed E-state index contributed by atoms with van der Waals surface area (Å²) in [6.07, 6.45) is 6.45. The minimum absolute atomic E-state index is 0.0932. The number of aryl methyl sites for hydroxylation is 1. The zero-order valence-corrected chi connectivity index (χ0v) is 9.71. The first kappa shape index (κ1) is 12.8. The van der Waals surface area contributed by atoms with Gasteiger partial charge in [0, 0.05) is 19.7 Å². The summed E-state index contributed by atoms with van der Waals surface area (Å²) in [6, 6.07) is 1.26. The van der Waals surface area contributed by atoms with Crippen LogP contribution < -0.4 is 0 Å². The van der Waals surface area contributed by atoms with E-state index in [4.69, 9.17) is 6.42 Å². The molecule has 0 radical (unpaired) electrons. The van der Waals surface area contributed by atoms with Gasteiger partial charge in [0.15, 0.2) is 0 Å². The van der Waals surface area contributed by atoms with Gasteiger partial charge in [0.1, 0.15) is 5.69 Å². The summed E-state index contributed by atoms with van der Waals surface area (Å²) in [5, 5.41) is 10.6. The summed E-state index contributed by atoms with van der Waals surface area (Å²) < 4.78 is 1.54. The lowest BCUT2D eigenvalue weighted by atomic mass is 10.3. The van der Waals surface area contributed by atoms with E-state index in [2.05, 4.69) is 5.92 Å². The van der Waals surface area contributed by atoms with Gasteiger partial charge < -0.3 is 9.47 Å². The summed E-state index contributed by atoms with van der Waals surface area (Å²) >= 11 is 0. The van der Waals surface area contributed by atoms with Gasteiger partial charge in [-0.25, -0.2) is 0 Å². The average molecular weight is 235 g/mol. The topological polar surface area (TPSA) is 68.4 Å². The number of aromatic nitrogens is 1. The third-order valence-corrected chi connectivity index (χ3v) is 2.33. The van der Waals surface area contributed by atoms with Crippen LogP contribution in [0, 0.1) is 22.5 Å². The second-order valence-electron chi connectivity index (χ2n) is 3.49. The van der Waals surface area contributed by atoms with Crippen LogP contribution >= 0.6 is 0 Å². The highest BCUT2D eigenvalue weighted by molar-refractivity contribution is 5.93. The number of hydrogen-bond donors (Lipinski definition) is 0. The van der Waals surface area contributed by atoms with Crippen LogP contribution in [0.15, 0.2) is 12.3 Å². The molecule has 17 heavy (non-hydrogen) atoms. The molecule has 0 bridgehead atoms. The van der Waals surface area contributed by atoms with E-state index in [1.54, 1.807) is 7.05 Å². The van der Waals surface area contributed by atoms with Gasteiger partial charge in [-0.1, -0.05) is 5.92 Å². The monoisotopic (exact) mass is 235 g/mol. The van der Waals surface area contributed by atoms with E-state index in [1.165, 1.54) is 21.7 Å². The highest BCUT2D eigenvalue weighted by Gasteiger charge is 2.20. The van der Waals surface area contributed by atoms with E-state index in [0.29, 0.717) is 6.54 Å². The first-order valence-electron chi connectivity index (χ1n) is 5.04. The lowest BCUT2D eigenvalue weighted by molar-refractivity contribution is -0.384. The molecule has 0 saturated carbocycles. The Balaban J connectivity index is 3.08. The van der Waals surface area contributed by atoms with Gasteiger partial charge in [0.05, 0.1) is 17.7 Å². The molecule has 0 aliphatic rings. The maximum atomic E-state index is 11.9. The zero-order valence-electron chi connectivity index (χ0n) is 9.71. The Kier molecular flexibility index (Phi) is 3.88. The largest absolute Gasteiger partial charge is 0.337 e. The molecule has 0 fully saturated rings. The van der Waals surface area contributed by atoms with Crippen molar-refractivity contribution >= 4 is 11.6 Å². The van der Waals surface area contributed by atoms with E-state index in [9.17, 15) is 14.9 Å². The second-order valence-corrected chi connectivity index (χ2v) is 3.49. The van der Waals surface area contributed by atoms with Crippen LogP contribution in [0.4, 0.5) is 5.69 Å². The molecular formula is C11H13N3O3. The molecule has 0 spiro atoms. The van der Waals surface area contributed by atoms with Crippen molar-refractivity contribution in [2.45, 2.75) is 13.5 Å². The molecule has 1 rings (SSSR count). The molecule has 1 aromatic rings. The van der Waals surface area contributed by atoms with E-state index in [0.717, 1.165) is 0 Å². The van der Waals surface area contributed by atoms with Gasteiger partial charge in [-0.05, 0) is 6.92 Å². The van der Waals surface area contributed by atoms with Gasteiger partial charge in [-0.15, -0.1) is 6.42 Å². The molecule has 6 heteroatoms. The fourth-order valence-corrected chi connectivity index (χ4v) is 1.44. The van der Waals surface area contributed by atoms with Crippen LogP contribution in [0.3, 0.4) is 0 Å². The number of carbonyl (C=O) groups is 1. The Morgan fingerprint density at radius 2 is 2.35 bits per heavy atom. The minimum atomic E-state index is -0.524. The molecule has 0 atom stereocenters. The third-order valence-electron chi connectivity index (χ3n) is 2.33. The molecule has 6 nitrogen and oxygen atoms in total. The SMILES string of the molecule is C#CCN(C)C(=O)c1cc([N+](=O)[O-])cn1CC. The Bertz CT molecular complexity index is 485. The predicted octanol–water partition coefficient (Wildman–Crippen LogP) is 1.12. The molecular weight excluding hydrogens is 222 g/mol. The first-order valence-corrected chi connectivity index (χ1v) is 5.04. The lowest BCUT2D eigenvalue weighted by Crippen LogP contribution is -2.28. The van der Waals surface area contributed by atoms with Gasteiger partial charge in [-0.2, -0.15) is 0 Å². The molecule has 0 unspecified atom stereocenters. The average Bonchev–Trinajstić information content (AvgIpc) is 2.72.